The summed E-state index contributed by atoms with van der Waals surface area (Å²) < 4.78 is 3.05. The number of carbonyl (C=O) groups excluding carboxylic acids is 4. The van der Waals surface area contributed by atoms with Gasteiger partial charge in [0, 0.05) is 11.3 Å². The van der Waals surface area contributed by atoms with Gasteiger partial charge in [-0.25, -0.2) is 0 Å². The third-order valence-electron chi connectivity index (χ3n) is 4.39. The minimum Gasteiger partial charge on any atom is -0.522 e. The van der Waals surface area contributed by atoms with Crippen molar-refractivity contribution in [3.8, 4) is 0 Å². The molecule has 13 heteroatoms. The minimum atomic E-state index is -0.460. The second-order valence-corrected chi connectivity index (χ2v) is 9.32. The van der Waals surface area contributed by atoms with Crippen molar-refractivity contribution >= 4 is 49.5 Å². The summed E-state index contributed by atoms with van der Waals surface area (Å²) in [6, 6.07) is -0.604. The zero-order valence-corrected chi connectivity index (χ0v) is 28.9. The van der Waals surface area contributed by atoms with Crippen molar-refractivity contribution < 1.29 is 88.1 Å². The third kappa shape index (κ3) is 27.5. The van der Waals surface area contributed by atoms with Crippen LogP contribution in [0, 0.1) is 0 Å². The van der Waals surface area contributed by atoms with E-state index in [9.17, 15) is 19.2 Å². The summed E-state index contributed by atoms with van der Waals surface area (Å²) in [5.41, 5.74) is 10.6. The van der Waals surface area contributed by atoms with Crippen LogP contribution in [-0.4, -0.2) is 81.2 Å². The zero-order valence-electron chi connectivity index (χ0n) is 20.9. The molecule has 0 saturated heterocycles. The van der Waals surface area contributed by atoms with Crippen LogP contribution in [0.5, 0.6) is 0 Å². The van der Waals surface area contributed by atoms with E-state index in [2.05, 4.69) is 33.3 Å². The molecule has 1 rings (SSSR count). The van der Waals surface area contributed by atoms with E-state index in [-0.39, 0.29) is 93.4 Å². The van der Waals surface area contributed by atoms with Gasteiger partial charge in [0.25, 0.3) is 0 Å². The number of carbonyl (C=O) groups is 3. The van der Waals surface area contributed by atoms with Crippen LogP contribution in [0.15, 0.2) is 0 Å². The number of aldehydes is 2. The fourth-order valence-corrected chi connectivity index (χ4v) is 3.39. The van der Waals surface area contributed by atoms with Gasteiger partial charge >= 0.3 is 68.9 Å². The molecular formula is C21H43CsN6O4S2. The van der Waals surface area contributed by atoms with Gasteiger partial charge in [-0.2, -0.15) is 19.0 Å². The molecule has 0 aromatic carbocycles. The quantitative estimate of drug-likeness (QED) is 0.0203. The molecule has 10 nitrogen and oxygen atoms in total. The van der Waals surface area contributed by atoms with Gasteiger partial charge in [-0.05, 0) is 72.1 Å². The first-order valence-electron chi connectivity index (χ1n) is 11.3. The van der Waals surface area contributed by atoms with E-state index in [0.717, 1.165) is 43.6 Å². The van der Waals surface area contributed by atoms with Crippen LogP contribution in [0.25, 0.3) is 0 Å². The molecule has 0 radical (unpaired) electrons. The molecule has 1 aliphatic carbocycles. The van der Waals surface area contributed by atoms with Gasteiger partial charge in [-0.15, -0.1) is 0 Å². The number of nitrogens with one attached hydrogen (secondary N) is 4. The summed E-state index contributed by atoms with van der Waals surface area (Å²) in [5, 5.41) is 8.30. The first kappa shape index (κ1) is 39.4. The topological polar surface area (TPSA) is 168 Å². The number of hydrogen-bond acceptors (Lipinski definition) is 10. The van der Waals surface area contributed by atoms with Crippen molar-refractivity contribution in [2.45, 2.75) is 74.0 Å². The van der Waals surface area contributed by atoms with Crippen molar-refractivity contribution in [3.05, 3.63) is 0 Å². The molecule has 34 heavy (non-hydrogen) atoms. The smallest absolute Gasteiger partial charge is 0.522 e. The van der Waals surface area contributed by atoms with E-state index in [1.54, 1.807) is 7.05 Å². The van der Waals surface area contributed by atoms with Gasteiger partial charge < -0.3 is 41.8 Å². The maximum Gasteiger partial charge on any atom is 1.00 e. The Balaban J connectivity index is -0.000000460. The summed E-state index contributed by atoms with van der Waals surface area (Å²) in [6.45, 7) is 1.48. The largest absolute Gasteiger partial charge is 1.00 e. The number of hydrogen-bond donors (Lipinski definition) is 7. The van der Waals surface area contributed by atoms with E-state index >= 15 is 0 Å². The van der Waals surface area contributed by atoms with Crippen LogP contribution >= 0.6 is 24.6 Å². The molecule has 3 atom stereocenters. The number of unbranched alkanes of at least 4 members (excludes halogenated alkanes) is 2. The standard InChI is InChI=1S/C10H21N3O2S.C7H13N2O2.C4H9NS.Cs/c1-12-6-10(15)13-8(9(16)7-14)4-2-3-5-11;8-4-2-1-3-7(5-10)9-6-11;1-5-6-4-2-3-4;/h7-9,12,16H,2-6,11H2,1H3,(H,13,15);5,7H,1-4,8H2,(H,9,11);4-5H,2-3H2,1H3;/q;-1;;+1. The summed E-state index contributed by atoms with van der Waals surface area (Å²) in [5.74, 6) is -0.124. The van der Waals surface area contributed by atoms with Gasteiger partial charge in [-0.1, -0.05) is 18.4 Å². The van der Waals surface area contributed by atoms with E-state index in [1.165, 1.54) is 19.3 Å². The predicted molar refractivity (Wildman–Crippen MR) is 139 cm³/mol. The molecule has 1 saturated carbocycles. The van der Waals surface area contributed by atoms with Crippen LogP contribution in [0.1, 0.15) is 51.4 Å². The summed E-state index contributed by atoms with van der Waals surface area (Å²) in [7, 11) is 3.67. The van der Waals surface area contributed by atoms with Gasteiger partial charge in [0.1, 0.15) is 12.6 Å². The zero-order chi connectivity index (χ0) is 25.3. The Labute approximate surface area is 273 Å². The molecule has 1 fully saturated rings. The van der Waals surface area contributed by atoms with E-state index < -0.39 is 5.25 Å². The van der Waals surface area contributed by atoms with Crippen LogP contribution < -0.4 is 101 Å². The molecule has 0 bridgehead atoms. The van der Waals surface area contributed by atoms with Crippen molar-refractivity contribution in [3.63, 3.8) is 0 Å². The molecule has 0 heterocycles. The Morgan fingerprint density at radius 2 is 1.68 bits per heavy atom. The van der Waals surface area contributed by atoms with Gasteiger partial charge in [0.15, 0.2) is 0 Å². The molecule has 0 spiro atoms. The maximum atomic E-state index is 11.4. The Morgan fingerprint density at radius 3 is 2.06 bits per heavy atom. The molecular weight excluding hydrogens is 597 g/mol. The monoisotopic (exact) mass is 640 g/mol. The van der Waals surface area contributed by atoms with E-state index in [0.29, 0.717) is 25.8 Å². The van der Waals surface area contributed by atoms with Crippen molar-refractivity contribution in [2.75, 3.05) is 33.7 Å². The average Bonchev–Trinajstić information content (AvgIpc) is 3.63. The third-order valence-corrected chi connectivity index (χ3v) is 5.91. The molecule has 0 aromatic heterocycles. The molecule has 1 aliphatic rings. The number of amides is 2. The van der Waals surface area contributed by atoms with E-state index in [1.807, 2.05) is 19.0 Å². The molecule has 0 aromatic rings. The minimum absolute atomic E-state index is 0. The average molecular weight is 641 g/mol. The Hall–Kier alpha value is 0.872. The maximum absolute atomic E-state index is 11.4. The molecule has 0 aliphatic heterocycles. The summed E-state index contributed by atoms with van der Waals surface area (Å²) >= 11 is 5.98. The molecule has 8 N–H and O–H groups in total. The number of likely N-dealkylation sites (N-methyl/N-ethyl adjacent to an activating group) is 1. The van der Waals surface area contributed by atoms with Crippen LogP contribution in [-0.2, 0) is 19.2 Å². The number of nitrogens with two attached hydrogens (primary N) is 2. The summed E-state index contributed by atoms with van der Waals surface area (Å²) in [6.07, 6.45) is 10.7. The van der Waals surface area contributed by atoms with Gasteiger partial charge in [-0.3, -0.25) is 9.52 Å². The second kappa shape index (κ2) is 30.1. The van der Waals surface area contributed by atoms with Crippen molar-refractivity contribution in [1.82, 2.24) is 20.7 Å². The van der Waals surface area contributed by atoms with Gasteiger partial charge in [0.05, 0.1) is 17.8 Å². The molecule has 2 amide bonds. The van der Waals surface area contributed by atoms with Gasteiger partial charge in [0.2, 0.25) is 5.91 Å². The van der Waals surface area contributed by atoms with Crippen molar-refractivity contribution in [2.24, 2.45) is 11.5 Å². The second-order valence-electron chi connectivity index (χ2n) is 7.41. The predicted octanol–water partition coefficient (Wildman–Crippen LogP) is -3.32. The number of thiol groups is 1. The fraction of sp³-hybridized carbons (Fsp3) is 0.810. The first-order chi connectivity index (χ1) is 15.9. The van der Waals surface area contributed by atoms with Crippen molar-refractivity contribution in [1.29, 1.82) is 0 Å². The first-order valence-corrected chi connectivity index (χ1v) is 12.7. The Kier molecular flexibility index (Phi) is 34.9. The Morgan fingerprint density at radius 1 is 1.09 bits per heavy atom. The van der Waals surface area contributed by atoms with E-state index in [4.69, 9.17) is 11.5 Å². The van der Waals surface area contributed by atoms with Crippen LogP contribution in [0.3, 0.4) is 0 Å². The molecule has 3 unspecified atom stereocenters. The Bertz CT molecular complexity index is 508. The molecule has 194 valence electrons. The number of rotatable bonds is 18. The SMILES string of the molecule is CNCC(=O)NC(CCCCN)C(S)C=O.CNSC1CC1.NCCCCC(C=O)N[C-]=O.[Cs+]. The fourth-order valence-electron chi connectivity index (χ4n) is 2.46. The van der Waals surface area contributed by atoms with Crippen LogP contribution in [0.2, 0.25) is 0 Å². The van der Waals surface area contributed by atoms with Crippen LogP contribution in [0.4, 0.5) is 0 Å². The summed E-state index contributed by atoms with van der Waals surface area (Å²) in [4.78, 5) is 42.0. The normalized spacial score (nSPS) is 14.4.